The fourth-order valence-electron chi connectivity index (χ4n) is 9.93. The van der Waals surface area contributed by atoms with Gasteiger partial charge in [0, 0.05) is 19.3 Å². The van der Waals surface area contributed by atoms with E-state index in [9.17, 15) is 20.1 Å². The third kappa shape index (κ3) is 2.76. The second-order valence-corrected chi connectivity index (χ2v) is 12.4. The highest BCUT2D eigenvalue weighted by Gasteiger charge is 2.91. The van der Waals surface area contributed by atoms with Crippen molar-refractivity contribution in [1.82, 2.24) is 0 Å². The maximum Gasteiger partial charge on any atom is 0.303 e. The van der Waals surface area contributed by atoms with Gasteiger partial charge in [-0.2, -0.15) is 0 Å². The molecule has 186 valence electrons. The van der Waals surface area contributed by atoms with Gasteiger partial charge in [0.15, 0.2) is 5.41 Å². The lowest BCUT2D eigenvalue weighted by atomic mass is 9.33. The molecule has 0 radical (unpaired) electrons. The van der Waals surface area contributed by atoms with Crippen LogP contribution < -0.4 is 0 Å². The number of hydrogen-bond acceptors (Lipinski definition) is 3. The number of nitrogens with zero attached hydrogens (tertiary/aromatic N) is 2. The Balaban J connectivity index is 1.85. The van der Waals surface area contributed by atoms with Crippen molar-refractivity contribution in [2.75, 3.05) is 0 Å². The molecule has 0 bridgehead atoms. The molecule has 1 unspecified atom stereocenters. The SMILES string of the molecule is C#[N+][C@]12CC[C@]3(C)[C@@H]([C@H](C=C)CCC(=O)O)CC[C@@]3([N+]#C)[C@]1(C)[C@@H](O)CC1C[C@@H](O)CC[C@@]12C. The Bertz CT molecular complexity index is 953. The van der Waals surface area contributed by atoms with Crippen molar-refractivity contribution >= 4 is 5.97 Å². The molecule has 6 heteroatoms. The number of carboxylic acids is 1. The molecule has 6 nitrogen and oxygen atoms in total. The van der Waals surface area contributed by atoms with Crippen LogP contribution in [0.2, 0.25) is 0 Å². The fraction of sp³-hybridized carbons (Fsp3) is 0.821. The molecule has 0 heterocycles. The molecule has 0 aromatic heterocycles. The maximum atomic E-state index is 11.9. The van der Waals surface area contributed by atoms with Gasteiger partial charge < -0.3 is 15.3 Å². The third-order valence-electron chi connectivity index (χ3n) is 11.8. The topological polar surface area (TPSA) is 86.5 Å². The Morgan fingerprint density at radius 3 is 2.26 bits per heavy atom. The lowest BCUT2D eigenvalue weighted by Crippen LogP contribution is -2.78. The summed E-state index contributed by atoms with van der Waals surface area (Å²) >= 11 is 0. The van der Waals surface area contributed by atoms with Crippen LogP contribution in [-0.4, -0.2) is 44.6 Å². The van der Waals surface area contributed by atoms with Crippen LogP contribution in [-0.2, 0) is 4.79 Å². The number of rotatable bonds is 5. The van der Waals surface area contributed by atoms with Crippen molar-refractivity contribution in [3.8, 4) is 13.1 Å². The summed E-state index contributed by atoms with van der Waals surface area (Å²) in [6.45, 7) is 23.4. The average Bonchev–Trinajstić information content (AvgIpc) is 3.10. The molecule has 34 heavy (non-hydrogen) atoms. The van der Waals surface area contributed by atoms with E-state index in [4.69, 9.17) is 13.1 Å². The Kier molecular flexibility index (Phi) is 5.99. The minimum atomic E-state index is -0.803. The zero-order chi connectivity index (χ0) is 25.2. The molecule has 0 saturated heterocycles. The van der Waals surface area contributed by atoms with Crippen molar-refractivity contribution in [2.24, 2.45) is 34.0 Å². The molecule has 4 saturated carbocycles. The van der Waals surface area contributed by atoms with E-state index >= 15 is 0 Å². The summed E-state index contributed by atoms with van der Waals surface area (Å²) in [6.07, 6.45) is 7.25. The van der Waals surface area contributed by atoms with Gasteiger partial charge >= 0.3 is 17.0 Å². The summed E-state index contributed by atoms with van der Waals surface area (Å²) in [5.74, 6) is -0.485. The van der Waals surface area contributed by atoms with Gasteiger partial charge in [0.2, 0.25) is 0 Å². The first-order chi connectivity index (χ1) is 15.9. The lowest BCUT2D eigenvalue weighted by molar-refractivity contribution is -0.222. The van der Waals surface area contributed by atoms with Crippen LogP contribution >= 0.6 is 0 Å². The summed E-state index contributed by atoms with van der Waals surface area (Å²) < 4.78 is 0. The van der Waals surface area contributed by atoms with Gasteiger partial charge in [0.25, 0.3) is 13.1 Å². The van der Waals surface area contributed by atoms with Crippen LogP contribution in [0.15, 0.2) is 12.7 Å². The zero-order valence-electron chi connectivity index (χ0n) is 21.0. The second-order valence-electron chi connectivity index (χ2n) is 12.4. The minimum absolute atomic E-state index is 0.0320. The van der Waals surface area contributed by atoms with E-state index in [-0.39, 0.29) is 41.1 Å². The molecule has 4 rings (SSSR count). The van der Waals surface area contributed by atoms with Gasteiger partial charge in [-0.05, 0) is 69.6 Å². The summed E-state index contributed by atoms with van der Waals surface area (Å²) in [5, 5.41) is 31.6. The molecular weight excluding hydrogens is 428 g/mol. The standard InChI is InChI=1S/C28H41N2O4/c1-7-18(8-9-23(33)34)21-11-13-27(29-5)25(21,3)14-15-28(30-6)24(2)12-10-20(31)16-19(24)17-22(32)26(27,28)4/h5-7,18-22,31-32H,1,8-17H2,2-4H3/q+1/p+1/t18-,19?,20+,21-,22+,24+,25-,26+,27+,28+/m1/s1. The first-order valence-corrected chi connectivity index (χ1v) is 13.0. The van der Waals surface area contributed by atoms with E-state index in [0.29, 0.717) is 38.5 Å². The van der Waals surface area contributed by atoms with Crippen LogP contribution in [0, 0.1) is 47.1 Å². The van der Waals surface area contributed by atoms with E-state index in [0.717, 1.165) is 19.3 Å². The largest absolute Gasteiger partial charge is 0.481 e. The number of aliphatic hydroxyl groups excluding tert-OH is 2. The summed E-state index contributed by atoms with van der Waals surface area (Å²) in [4.78, 5) is 20.7. The van der Waals surface area contributed by atoms with Crippen molar-refractivity contribution in [1.29, 1.82) is 0 Å². The van der Waals surface area contributed by atoms with Crippen LogP contribution in [0.1, 0.15) is 85.0 Å². The van der Waals surface area contributed by atoms with Crippen molar-refractivity contribution in [3.05, 3.63) is 22.3 Å². The number of aliphatic hydroxyl groups is 2. The number of hydrogen-bond donors (Lipinski definition) is 3. The van der Waals surface area contributed by atoms with Crippen LogP contribution in [0.25, 0.3) is 9.69 Å². The van der Waals surface area contributed by atoms with Crippen molar-refractivity contribution in [2.45, 2.75) is 108 Å². The molecular formula is C28H42N2O4+2. The van der Waals surface area contributed by atoms with Crippen molar-refractivity contribution < 1.29 is 20.1 Å². The van der Waals surface area contributed by atoms with E-state index in [1.165, 1.54) is 0 Å². The Hall–Kier alpha value is -1.89. The quantitative estimate of drug-likeness (QED) is 0.482. The van der Waals surface area contributed by atoms with E-state index in [2.05, 4.69) is 37.0 Å². The fourth-order valence-corrected chi connectivity index (χ4v) is 9.93. The lowest BCUT2D eigenvalue weighted by Gasteiger charge is -2.64. The monoisotopic (exact) mass is 470 g/mol. The van der Waals surface area contributed by atoms with Crippen LogP contribution in [0.3, 0.4) is 0 Å². The number of fused-ring (bicyclic) bond motifs is 5. The molecule has 3 N–H and O–H groups in total. The van der Waals surface area contributed by atoms with Crippen molar-refractivity contribution in [3.63, 3.8) is 0 Å². The summed E-state index contributed by atoms with van der Waals surface area (Å²) in [6, 6.07) is 0. The molecule has 0 spiro atoms. The average molecular weight is 471 g/mol. The van der Waals surface area contributed by atoms with Crippen LogP contribution in [0.5, 0.6) is 0 Å². The highest BCUT2D eigenvalue weighted by molar-refractivity contribution is 5.66. The third-order valence-corrected chi connectivity index (χ3v) is 11.8. The van der Waals surface area contributed by atoms with Gasteiger partial charge in [0.05, 0.1) is 23.0 Å². The predicted molar refractivity (Wildman–Crippen MR) is 133 cm³/mol. The minimum Gasteiger partial charge on any atom is -0.481 e. The highest BCUT2D eigenvalue weighted by Crippen LogP contribution is 2.78. The summed E-state index contributed by atoms with van der Waals surface area (Å²) in [5.41, 5.74) is -2.87. The first kappa shape index (κ1) is 25.2. The first-order valence-electron chi connectivity index (χ1n) is 13.0. The second kappa shape index (κ2) is 8.07. The number of carboxylic acid groups (broad SMARTS) is 1. The Labute approximate surface area is 204 Å². The number of allylic oxidation sites excluding steroid dienone is 1. The molecule has 10 atom stereocenters. The molecule has 0 aromatic carbocycles. The molecule has 4 aliphatic carbocycles. The van der Waals surface area contributed by atoms with Gasteiger partial charge in [-0.15, -0.1) is 6.58 Å². The normalized spacial score (nSPS) is 50.6. The van der Waals surface area contributed by atoms with E-state index in [1.807, 2.05) is 6.08 Å². The summed E-state index contributed by atoms with van der Waals surface area (Å²) in [7, 11) is 0. The van der Waals surface area contributed by atoms with Gasteiger partial charge in [0.1, 0.15) is 0 Å². The number of carbonyl (C=O) groups is 1. The maximum absolute atomic E-state index is 11.9. The number of aliphatic carboxylic acids is 1. The molecule has 4 fully saturated rings. The van der Waals surface area contributed by atoms with Gasteiger partial charge in [-0.1, -0.05) is 29.6 Å². The van der Waals surface area contributed by atoms with E-state index in [1.54, 1.807) is 0 Å². The molecule has 4 aliphatic rings. The zero-order valence-corrected chi connectivity index (χ0v) is 21.0. The van der Waals surface area contributed by atoms with Gasteiger partial charge in [-0.25, -0.2) is 0 Å². The Morgan fingerprint density at radius 2 is 1.68 bits per heavy atom. The molecule has 0 aromatic rings. The molecule has 0 aliphatic heterocycles. The predicted octanol–water partition coefficient (Wildman–Crippen LogP) is 5.20. The van der Waals surface area contributed by atoms with Gasteiger partial charge in [-0.3, -0.25) is 4.79 Å². The van der Waals surface area contributed by atoms with E-state index < -0.39 is 28.6 Å². The molecule has 0 amide bonds. The highest BCUT2D eigenvalue weighted by atomic mass is 16.4. The van der Waals surface area contributed by atoms with Crippen LogP contribution in [0.4, 0.5) is 0 Å². The Morgan fingerprint density at radius 1 is 1.03 bits per heavy atom. The smallest absolute Gasteiger partial charge is 0.303 e.